The molecule has 3 N–H and O–H groups in total. The fraction of sp³-hybridized carbons (Fsp3) is 0.657. The molecule has 2 aliphatic carbocycles. The van der Waals surface area contributed by atoms with E-state index < -0.39 is 72.1 Å². The van der Waals surface area contributed by atoms with Gasteiger partial charge in [-0.15, -0.1) is 0 Å². The van der Waals surface area contributed by atoms with Crippen molar-refractivity contribution in [2.45, 2.75) is 81.0 Å². The van der Waals surface area contributed by atoms with Crippen molar-refractivity contribution in [1.82, 2.24) is 25.3 Å². The van der Waals surface area contributed by atoms with E-state index in [0.29, 0.717) is 25.9 Å². The van der Waals surface area contributed by atoms with Crippen LogP contribution in [0.1, 0.15) is 67.0 Å². The number of aryl methyl sites for hydroxylation is 1. The van der Waals surface area contributed by atoms with Gasteiger partial charge in [0.2, 0.25) is 5.91 Å². The van der Waals surface area contributed by atoms with Crippen LogP contribution in [0, 0.1) is 29.5 Å². The number of nitrogens with zero attached hydrogens (tertiary/aromatic N) is 3. The fourth-order valence-electron chi connectivity index (χ4n) is 8.38. The maximum Gasteiger partial charge on any atom is 0.416 e. The van der Waals surface area contributed by atoms with E-state index >= 15 is 4.39 Å². The van der Waals surface area contributed by atoms with E-state index in [0.717, 1.165) is 31.7 Å². The zero-order valence-corrected chi connectivity index (χ0v) is 28.2. The number of hydrogen-bond acceptors (Lipinski definition) is 8. The highest BCUT2D eigenvalue weighted by Crippen LogP contribution is 2.52. The van der Waals surface area contributed by atoms with E-state index in [1.165, 1.54) is 21.8 Å². The van der Waals surface area contributed by atoms with Crippen molar-refractivity contribution in [2.24, 2.45) is 30.7 Å². The van der Waals surface area contributed by atoms with Crippen LogP contribution in [0.25, 0.3) is 0 Å². The van der Waals surface area contributed by atoms with Gasteiger partial charge in [0.05, 0.1) is 31.5 Å². The van der Waals surface area contributed by atoms with Gasteiger partial charge in [0, 0.05) is 37.2 Å². The van der Waals surface area contributed by atoms with Gasteiger partial charge >= 0.3 is 6.18 Å². The third-order valence-corrected chi connectivity index (χ3v) is 11.5. The lowest BCUT2D eigenvalue weighted by Crippen LogP contribution is -2.62. The Morgan fingerprint density at radius 1 is 1.10 bits per heavy atom. The molecule has 4 atom stereocenters. The van der Waals surface area contributed by atoms with Gasteiger partial charge in [-0.05, 0) is 81.5 Å². The second-order valence-electron chi connectivity index (χ2n) is 15.0. The maximum absolute atomic E-state index is 16.2. The second kappa shape index (κ2) is 13.0. The molecule has 12 nitrogen and oxygen atoms in total. The van der Waals surface area contributed by atoms with Crippen LogP contribution in [-0.4, -0.2) is 95.3 Å². The van der Waals surface area contributed by atoms with Crippen molar-refractivity contribution in [3.8, 4) is 5.75 Å². The zero-order chi connectivity index (χ0) is 35.7. The summed E-state index contributed by atoms with van der Waals surface area (Å²) < 4.78 is 77.3. The van der Waals surface area contributed by atoms with Crippen LogP contribution in [0.2, 0.25) is 0 Å². The average Bonchev–Trinajstić information content (AvgIpc) is 4.01. The molecule has 3 saturated heterocycles. The molecule has 1 aromatic heterocycles. The third kappa shape index (κ3) is 6.70. The number of nitrogens with one attached hydrogen (secondary N) is 3. The van der Waals surface area contributed by atoms with Gasteiger partial charge in [-0.2, -0.15) is 18.3 Å². The van der Waals surface area contributed by atoms with Crippen molar-refractivity contribution < 1.29 is 46.2 Å². The molecule has 6 aliphatic rings. The number of piperidine rings is 1. The molecule has 51 heavy (non-hydrogen) atoms. The Morgan fingerprint density at radius 2 is 1.80 bits per heavy atom. The predicted octanol–water partition coefficient (Wildman–Crippen LogP) is 3.48. The van der Waals surface area contributed by atoms with E-state index in [-0.39, 0.29) is 60.1 Å². The first kappa shape index (κ1) is 34.3. The number of aromatic nitrogens is 2. The Labute approximate surface area is 291 Å². The first-order chi connectivity index (χ1) is 24.4. The minimum atomic E-state index is -4.73. The van der Waals surface area contributed by atoms with Crippen molar-refractivity contribution in [1.29, 1.82) is 0 Å². The number of carbonyl (C=O) groups excluding carboxylic acids is 3. The number of anilines is 1. The molecule has 276 valence electrons. The van der Waals surface area contributed by atoms with Crippen LogP contribution in [0.3, 0.4) is 0 Å². The topological polar surface area (TPSA) is 136 Å². The molecular formula is C35H42F4N6O6. The summed E-state index contributed by atoms with van der Waals surface area (Å²) in [5.74, 6) is -2.39. The van der Waals surface area contributed by atoms with Gasteiger partial charge in [0.15, 0.2) is 6.10 Å². The fourth-order valence-corrected chi connectivity index (χ4v) is 8.38. The number of halogens is 4. The molecule has 1 spiro atoms. The van der Waals surface area contributed by atoms with E-state index in [9.17, 15) is 27.6 Å². The third-order valence-electron chi connectivity index (χ3n) is 11.5. The summed E-state index contributed by atoms with van der Waals surface area (Å²) in [6, 6.07) is 2.20. The van der Waals surface area contributed by atoms with Crippen molar-refractivity contribution >= 4 is 23.4 Å². The SMILES string of the molecule is Cn1nccc1C(=O)N[C@H](C(=O)Nc1cc2c(cc1F)C(N1CC(C(F)(F)F)OC(C3COC3)C1=O)CC1(CCNCC1)O2)C(C1CC1)C1CC1. The average molecular weight is 719 g/mol. The van der Waals surface area contributed by atoms with Gasteiger partial charge in [-0.25, -0.2) is 4.39 Å². The summed E-state index contributed by atoms with van der Waals surface area (Å²) in [4.78, 5) is 42.5. The molecule has 16 heteroatoms. The standard InChI is InChI=1S/C35H42F4N6O6/c1-44-24(6-9-41-44)31(46)43-29(28(18-2-3-18)19-4-5-19)32(47)42-23-13-26-21(12-22(23)36)25(14-34(51-26)7-10-40-11-8-34)45-15-27(35(37,38)39)50-30(33(45)48)20-16-49-17-20/h6,9,12-13,18-20,25,27-30,40H,2-5,7-8,10-11,14-17H2,1H3,(H,42,47)(H,43,46)/t25?,27?,29-,30?/m0/s1. The number of fused-ring (bicyclic) bond motifs is 1. The van der Waals surface area contributed by atoms with Crippen LogP contribution in [-0.2, 0) is 26.1 Å². The molecule has 3 amide bonds. The molecule has 2 saturated carbocycles. The molecule has 0 bridgehead atoms. The van der Waals surface area contributed by atoms with E-state index in [1.54, 1.807) is 13.1 Å². The summed E-state index contributed by atoms with van der Waals surface area (Å²) >= 11 is 0. The molecule has 2 aromatic rings. The molecule has 5 heterocycles. The normalized spacial score (nSPS) is 27.1. The number of alkyl halides is 3. The number of carbonyl (C=O) groups is 3. The molecule has 0 radical (unpaired) electrons. The molecule has 3 unspecified atom stereocenters. The number of benzene rings is 1. The summed E-state index contributed by atoms with van der Waals surface area (Å²) in [6.45, 7) is 0.640. The van der Waals surface area contributed by atoms with Crippen LogP contribution in [0.5, 0.6) is 5.75 Å². The minimum Gasteiger partial charge on any atom is -0.487 e. The van der Waals surface area contributed by atoms with Gasteiger partial charge < -0.3 is 35.1 Å². The number of amides is 3. The quantitative estimate of drug-likeness (QED) is 0.336. The van der Waals surface area contributed by atoms with E-state index in [4.69, 9.17) is 14.2 Å². The summed E-state index contributed by atoms with van der Waals surface area (Å²) in [7, 11) is 1.63. The predicted molar refractivity (Wildman–Crippen MR) is 172 cm³/mol. The Kier molecular flexibility index (Phi) is 8.77. The van der Waals surface area contributed by atoms with Gasteiger partial charge in [-0.3, -0.25) is 19.1 Å². The molecule has 5 fully saturated rings. The van der Waals surface area contributed by atoms with Gasteiger partial charge in [0.25, 0.3) is 11.8 Å². The molecular weight excluding hydrogens is 676 g/mol. The lowest BCUT2D eigenvalue weighted by atomic mass is 9.79. The highest BCUT2D eigenvalue weighted by atomic mass is 19.4. The van der Waals surface area contributed by atoms with Crippen molar-refractivity contribution in [3.05, 3.63) is 41.5 Å². The monoisotopic (exact) mass is 718 g/mol. The Bertz CT molecular complexity index is 1670. The highest BCUT2D eigenvalue weighted by molar-refractivity contribution is 6.01. The van der Waals surface area contributed by atoms with E-state index in [2.05, 4.69) is 21.0 Å². The van der Waals surface area contributed by atoms with E-state index in [1.807, 2.05) is 0 Å². The number of rotatable bonds is 9. The van der Waals surface area contributed by atoms with Gasteiger partial charge in [-0.1, -0.05) is 0 Å². The van der Waals surface area contributed by atoms with Crippen LogP contribution < -0.4 is 20.7 Å². The molecule has 4 aliphatic heterocycles. The first-order valence-electron chi connectivity index (χ1n) is 17.8. The Hall–Kier alpha value is -3.76. The zero-order valence-electron chi connectivity index (χ0n) is 28.2. The minimum absolute atomic E-state index is 0.109. The second-order valence-corrected chi connectivity index (χ2v) is 15.0. The number of ether oxygens (including phenoxy) is 3. The number of hydrogen-bond donors (Lipinski definition) is 3. The highest BCUT2D eigenvalue weighted by Gasteiger charge is 2.55. The summed E-state index contributed by atoms with van der Waals surface area (Å²) in [5, 5.41) is 13.0. The van der Waals surface area contributed by atoms with Gasteiger partial charge in [0.1, 0.15) is 35.0 Å². The van der Waals surface area contributed by atoms with Crippen LogP contribution >= 0.6 is 0 Å². The smallest absolute Gasteiger partial charge is 0.416 e. The van der Waals surface area contributed by atoms with Crippen molar-refractivity contribution in [3.63, 3.8) is 0 Å². The summed E-state index contributed by atoms with van der Waals surface area (Å²) in [5.41, 5.74) is -0.516. The molecule has 8 rings (SSSR count). The summed E-state index contributed by atoms with van der Waals surface area (Å²) in [6.07, 6.45) is -1.86. The van der Waals surface area contributed by atoms with Crippen LogP contribution in [0.15, 0.2) is 24.4 Å². The van der Waals surface area contributed by atoms with Crippen LogP contribution in [0.4, 0.5) is 23.2 Å². The first-order valence-corrected chi connectivity index (χ1v) is 17.8. The lowest BCUT2D eigenvalue weighted by Gasteiger charge is -2.51. The lowest BCUT2D eigenvalue weighted by molar-refractivity contribution is -0.267. The van der Waals surface area contributed by atoms with Crippen molar-refractivity contribution in [2.75, 3.05) is 38.2 Å². The maximum atomic E-state index is 16.2. The Morgan fingerprint density at radius 3 is 2.39 bits per heavy atom. The largest absolute Gasteiger partial charge is 0.487 e. The number of morpholine rings is 1. The molecule has 1 aromatic carbocycles. The Balaban J connectivity index is 1.12.